The van der Waals surface area contributed by atoms with Crippen LogP contribution in [-0.4, -0.2) is 68.1 Å². The van der Waals surface area contributed by atoms with Gasteiger partial charge in [0.25, 0.3) is 5.91 Å². The standard InChI is InChI=1S/C19H30N4O.2ClH/c1-15-7-8-20-13-18(15)21-19(24)17-5-3-16(4-6-17)14-23-11-9-22(2)10-12-23;;/h3-6,15,18,20H,7-14H2,1-2H3,(H,21,24);2*1H. The van der Waals surface area contributed by atoms with Crippen molar-refractivity contribution in [2.45, 2.75) is 25.9 Å². The number of piperidine rings is 1. The Hall–Kier alpha value is -0.850. The summed E-state index contributed by atoms with van der Waals surface area (Å²) in [7, 11) is 2.17. The van der Waals surface area contributed by atoms with E-state index in [-0.39, 0.29) is 36.8 Å². The quantitative estimate of drug-likeness (QED) is 0.808. The molecule has 2 aliphatic rings. The van der Waals surface area contributed by atoms with Gasteiger partial charge in [-0.1, -0.05) is 19.1 Å². The van der Waals surface area contributed by atoms with Crippen LogP contribution < -0.4 is 10.6 Å². The van der Waals surface area contributed by atoms with Crippen molar-refractivity contribution in [3.8, 4) is 0 Å². The number of hydrogen-bond donors (Lipinski definition) is 2. The second-order valence-corrected chi connectivity index (χ2v) is 7.33. The van der Waals surface area contributed by atoms with Crippen molar-refractivity contribution in [2.75, 3.05) is 46.3 Å². The van der Waals surface area contributed by atoms with Crippen molar-refractivity contribution in [2.24, 2.45) is 5.92 Å². The third kappa shape index (κ3) is 6.39. The van der Waals surface area contributed by atoms with Gasteiger partial charge in [0.15, 0.2) is 0 Å². The van der Waals surface area contributed by atoms with Crippen LogP contribution >= 0.6 is 24.8 Å². The van der Waals surface area contributed by atoms with Crippen molar-refractivity contribution in [1.29, 1.82) is 0 Å². The predicted octanol–water partition coefficient (Wildman–Crippen LogP) is 2.01. The number of amides is 1. The maximum absolute atomic E-state index is 12.4. The molecular weight excluding hydrogens is 371 g/mol. The minimum absolute atomic E-state index is 0. The number of nitrogens with one attached hydrogen (secondary N) is 2. The number of carbonyl (C=O) groups is 1. The normalized spacial score (nSPS) is 24.2. The summed E-state index contributed by atoms with van der Waals surface area (Å²) < 4.78 is 0. The first-order chi connectivity index (χ1) is 11.6. The second kappa shape index (κ2) is 11.1. The first-order valence-electron chi connectivity index (χ1n) is 9.13. The Kier molecular flexibility index (Phi) is 9.90. The van der Waals surface area contributed by atoms with E-state index in [9.17, 15) is 4.79 Å². The summed E-state index contributed by atoms with van der Waals surface area (Å²) in [6, 6.07) is 8.34. The number of halogens is 2. The molecule has 0 radical (unpaired) electrons. The van der Waals surface area contributed by atoms with Gasteiger partial charge in [-0.3, -0.25) is 9.69 Å². The van der Waals surface area contributed by atoms with Gasteiger partial charge in [0.1, 0.15) is 0 Å². The SMILES string of the molecule is CC1CCNCC1NC(=O)c1ccc(CN2CCN(C)CC2)cc1.Cl.Cl. The molecule has 2 N–H and O–H groups in total. The van der Waals surface area contributed by atoms with Gasteiger partial charge in [0.2, 0.25) is 0 Å². The summed E-state index contributed by atoms with van der Waals surface area (Å²) in [5.41, 5.74) is 2.04. The first-order valence-corrected chi connectivity index (χ1v) is 9.13. The smallest absolute Gasteiger partial charge is 0.251 e. The van der Waals surface area contributed by atoms with Crippen LogP contribution in [0.25, 0.3) is 0 Å². The Labute approximate surface area is 169 Å². The molecule has 0 spiro atoms. The number of piperazine rings is 1. The Morgan fingerprint density at radius 3 is 2.42 bits per heavy atom. The molecule has 2 atom stereocenters. The molecule has 0 saturated carbocycles. The molecule has 0 aromatic heterocycles. The summed E-state index contributed by atoms with van der Waals surface area (Å²) >= 11 is 0. The summed E-state index contributed by atoms with van der Waals surface area (Å²) in [6.45, 7) is 9.60. The maximum atomic E-state index is 12.4. The van der Waals surface area contributed by atoms with Gasteiger partial charge in [-0.05, 0) is 43.6 Å². The third-order valence-corrected chi connectivity index (χ3v) is 5.36. The highest BCUT2D eigenvalue weighted by molar-refractivity contribution is 5.94. The molecule has 26 heavy (non-hydrogen) atoms. The van der Waals surface area contributed by atoms with Crippen LogP contribution in [0, 0.1) is 5.92 Å². The molecule has 2 fully saturated rings. The molecule has 1 aromatic carbocycles. The summed E-state index contributed by atoms with van der Waals surface area (Å²) in [6.07, 6.45) is 1.12. The molecule has 2 aliphatic heterocycles. The van der Waals surface area contributed by atoms with E-state index in [1.165, 1.54) is 5.56 Å². The monoisotopic (exact) mass is 402 g/mol. The van der Waals surface area contributed by atoms with Crippen LogP contribution in [-0.2, 0) is 6.54 Å². The Morgan fingerprint density at radius 1 is 1.15 bits per heavy atom. The molecular formula is C19H32Cl2N4O. The molecule has 2 saturated heterocycles. The number of rotatable bonds is 4. The number of nitrogens with zero attached hydrogens (tertiary/aromatic N) is 2. The summed E-state index contributed by atoms with van der Waals surface area (Å²) in [5.74, 6) is 0.577. The largest absolute Gasteiger partial charge is 0.348 e. The minimum Gasteiger partial charge on any atom is -0.348 e. The molecule has 1 amide bonds. The molecule has 1 aromatic rings. The zero-order valence-electron chi connectivity index (χ0n) is 15.7. The summed E-state index contributed by atoms with van der Waals surface area (Å²) in [4.78, 5) is 17.3. The Bertz CT molecular complexity index is 547. The molecule has 0 bridgehead atoms. The average molecular weight is 403 g/mol. The van der Waals surface area contributed by atoms with Gasteiger partial charge in [-0.15, -0.1) is 24.8 Å². The highest BCUT2D eigenvalue weighted by Gasteiger charge is 2.23. The fraction of sp³-hybridized carbons (Fsp3) is 0.632. The van der Waals surface area contributed by atoms with E-state index >= 15 is 0 Å². The molecule has 148 valence electrons. The lowest BCUT2D eigenvalue weighted by molar-refractivity contribution is 0.0915. The second-order valence-electron chi connectivity index (χ2n) is 7.33. The van der Waals surface area contributed by atoms with Gasteiger partial charge < -0.3 is 15.5 Å². The van der Waals surface area contributed by atoms with Crippen LogP contribution in [0.15, 0.2) is 24.3 Å². The van der Waals surface area contributed by atoms with Crippen LogP contribution in [0.3, 0.4) is 0 Å². The van der Waals surface area contributed by atoms with Crippen molar-refractivity contribution in [1.82, 2.24) is 20.4 Å². The van der Waals surface area contributed by atoms with Crippen LogP contribution in [0.1, 0.15) is 29.3 Å². The zero-order chi connectivity index (χ0) is 16.9. The predicted molar refractivity (Wildman–Crippen MR) is 112 cm³/mol. The van der Waals surface area contributed by atoms with Crippen molar-refractivity contribution in [3.63, 3.8) is 0 Å². The number of carbonyl (C=O) groups excluding carboxylic acids is 1. The fourth-order valence-electron chi connectivity index (χ4n) is 3.46. The van der Waals surface area contributed by atoms with E-state index in [0.29, 0.717) is 5.92 Å². The van der Waals surface area contributed by atoms with Crippen LogP contribution in [0.4, 0.5) is 0 Å². The van der Waals surface area contributed by atoms with Crippen molar-refractivity contribution >= 4 is 30.7 Å². The van der Waals surface area contributed by atoms with E-state index in [0.717, 1.165) is 57.8 Å². The first kappa shape index (κ1) is 23.2. The molecule has 3 rings (SSSR count). The molecule has 2 unspecified atom stereocenters. The number of benzene rings is 1. The van der Waals surface area contributed by atoms with E-state index < -0.39 is 0 Å². The fourth-order valence-corrected chi connectivity index (χ4v) is 3.46. The van der Waals surface area contributed by atoms with Crippen molar-refractivity contribution < 1.29 is 4.79 Å². The molecule has 0 aliphatic carbocycles. The number of hydrogen-bond acceptors (Lipinski definition) is 4. The van der Waals surface area contributed by atoms with E-state index in [1.54, 1.807) is 0 Å². The van der Waals surface area contributed by atoms with Crippen LogP contribution in [0.5, 0.6) is 0 Å². The lowest BCUT2D eigenvalue weighted by Gasteiger charge is -2.32. The maximum Gasteiger partial charge on any atom is 0.251 e. The van der Waals surface area contributed by atoms with E-state index in [1.807, 2.05) is 12.1 Å². The van der Waals surface area contributed by atoms with Gasteiger partial charge in [-0.25, -0.2) is 0 Å². The van der Waals surface area contributed by atoms with E-state index in [4.69, 9.17) is 0 Å². The topological polar surface area (TPSA) is 47.6 Å². The third-order valence-electron chi connectivity index (χ3n) is 5.36. The van der Waals surface area contributed by atoms with Gasteiger partial charge in [-0.2, -0.15) is 0 Å². The zero-order valence-corrected chi connectivity index (χ0v) is 17.4. The van der Waals surface area contributed by atoms with Gasteiger partial charge in [0, 0.05) is 50.9 Å². The highest BCUT2D eigenvalue weighted by atomic mass is 35.5. The Morgan fingerprint density at radius 2 is 1.81 bits per heavy atom. The molecule has 7 heteroatoms. The lowest BCUT2D eigenvalue weighted by atomic mass is 9.94. The highest BCUT2D eigenvalue weighted by Crippen LogP contribution is 2.13. The van der Waals surface area contributed by atoms with Crippen LogP contribution in [0.2, 0.25) is 0 Å². The minimum atomic E-state index is 0. The molecule has 5 nitrogen and oxygen atoms in total. The average Bonchev–Trinajstić information content (AvgIpc) is 2.59. The van der Waals surface area contributed by atoms with Gasteiger partial charge >= 0.3 is 0 Å². The van der Waals surface area contributed by atoms with Crippen molar-refractivity contribution in [3.05, 3.63) is 35.4 Å². The van der Waals surface area contributed by atoms with E-state index in [2.05, 4.69) is 46.5 Å². The Balaban J connectivity index is 0.00000169. The summed E-state index contributed by atoms with van der Waals surface area (Å²) in [5, 5.41) is 6.53. The number of likely N-dealkylation sites (N-methyl/N-ethyl adjacent to an activating group) is 1. The van der Waals surface area contributed by atoms with Gasteiger partial charge in [0.05, 0.1) is 0 Å². The molecule has 2 heterocycles. The lowest BCUT2D eigenvalue weighted by Crippen LogP contribution is -2.50.